The van der Waals surface area contributed by atoms with Crippen molar-refractivity contribution in [1.82, 2.24) is 15.5 Å². The summed E-state index contributed by atoms with van der Waals surface area (Å²) in [6.45, 7) is 5.07. The van der Waals surface area contributed by atoms with Gasteiger partial charge in [-0.2, -0.15) is 0 Å². The minimum atomic E-state index is -0.937. The standard InChI is InChI=1S/C13H23N3O4/c1-9(2)10(12(18)19)7-14-13(20)15-8-11(17)16-5-3-4-6-16/h9-10H,3-8H2,1-2H3,(H,18,19)(H2,14,15,20). The number of hydrogen-bond acceptors (Lipinski definition) is 3. The van der Waals surface area contributed by atoms with Gasteiger partial charge in [0.1, 0.15) is 0 Å². The van der Waals surface area contributed by atoms with Gasteiger partial charge in [-0.25, -0.2) is 4.79 Å². The number of rotatable bonds is 6. The van der Waals surface area contributed by atoms with Crippen molar-refractivity contribution in [2.45, 2.75) is 26.7 Å². The molecule has 1 saturated heterocycles. The predicted molar refractivity (Wildman–Crippen MR) is 73.2 cm³/mol. The Labute approximate surface area is 118 Å². The lowest BCUT2D eigenvalue weighted by molar-refractivity contribution is -0.143. The quantitative estimate of drug-likeness (QED) is 0.652. The molecule has 1 rings (SSSR count). The lowest BCUT2D eigenvalue weighted by Gasteiger charge is -2.18. The van der Waals surface area contributed by atoms with E-state index < -0.39 is 17.9 Å². The number of aliphatic carboxylic acids is 1. The molecule has 0 radical (unpaired) electrons. The minimum absolute atomic E-state index is 0.0503. The number of nitrogens with one attached hydrogen (secondary N) is 2. The lowest BCUT2D eigenvalue weighted by Crippen LogP contribution is -2.45. The average molecular weight is 285 g/mol. The second-order valence-corrected chi connectivity index (χ2v) is 5.34. The van der Waals surface area contributed by atoms with E-state index >= 15 is 0 Å². The van der Waals surface area contributed by atoms with Crippen LogP contribution in [0.2, 0.25) is 0 Å². The van der Waals surface area contributed by atoms with Gasteiger partial charge in [0.05, 0.1) is 12.5 Å². The molecule has 0 aromatic heterocycles. The Balaban J connectivity index is 2.25. The smallest absolute Gasteiger partial charge is 0.315 e. The zero-order valence-electron chi connectivity index (χ0n) is 12.0. The number of likely N-dealkylation sites (tertiary alicyclic amines) is 1. The van der Waals surface area contributed by atoms with Crippen molar-refractivity contribution in [3.63, 3.8) is 0 Å². The van der Waals surface area contributed by atoms with Crippen LogP contribution < -0.4 is 10.6 Å². The number of carbonyl (C=O) groups is 3. The molecule has 1 unspecified atom stereocenters. The molecule has 0 spiro atoms. The SMILES string of the molecule is CC(C)C(CNC(=O)NCC(=O)N1CCCC1)C(=O)O. The van der Waals surface area contributed by atoms with Crippen LogP contribution in [0.3, 0.4) is 0 Å². The average Bonchev–Trinajstić information content (AvgIpc) is 2.89. The molecule has 0 aromatic carbocycles. The molecule has 0 aliphatic carbocycles. The summed E-state index contributed by atoms with van der Waals surface area (Å²) in [6, 6.07) is -0.510. The largest absolute Gasteiger partial charge is 0.481 e. The van der Waals surface area contributed by atoms with Crippen LogP contribution in [0.25, 0.3) is 0 Å². The van der Waals surface area contributed by atoms with Crippen LogP contribution in [0, 0.1) is 11.8 Å². The molecule has 0 aromatic rings. The summed E-state index contributed by atoms with van der Waals surface area (Å²) >= 11 is 0. The molecule has 0 bridgehead atoms. The Morgan fingerprint density at radius 3 is 2.25 bits per heavy atom. The van der Waals surface area contributed by atoms with Crippen LogP contribution in [0.15, 0.2) is 0 Å². The van der Waals surface area contributed by atoms with Crippen LogP contribution in [0.1, 0.15) is 26.7 Å². The van der Waals surface area contributed by atoms with Gasteiger partial charge in [0.2, 0.25) is 5.91 Å². The highest BCUT2D eigenvalue weighted by molar-refractivity contribution is 5.84. The van der Waals surface area contributed by atoms with Gasteiger partial charge in [-0.3, -0.25) is 9.59 Å². The topological polar surface area (TPSA) is 98.7 Å². The van der Waals surface area contributed by atoms with E-state index in [2.05, 4.69) is 10.6 Å². The van der Waals surface area contributed by atoms with Gasteiger partial charge in [-0.1, -0.05) is 13.8 Å². The van der Waals surface area contributed by atoms with Crippen LogP contribution >= 0.6 is 0 Å². The first-order valence-corrected chi connectivity index (χ1v) is 6.94. The number of nitrogens with zero attached hydrogens (tertiary/aromatic N) is 1. The third kappa shape index (κ3) is 5.07. The Bertz CT molecular complexity index is 365. The molecule has 1 aliphatic rings. The Morgan fingerprint density at radius 1 is 1.15 bits per heavy atom. The first-order chi connectivity index (χ1) is 9.41. The first kappa shape index (κ1) is 16.3. The molecule has 1 heterocycles. The van der Waals surface area contributed by atoms with Crippen LogP contribution in [0.4, 0.5) is 4.79 Å². The van der Waals surface area contributed by atoms with Crippen molar-refractivity contribution in [2.24, 2.45) is 11.8 Å². The normalized spacial score (nSPS) is 16.1. The summed E-state index contributed by atoms with van der Waals surface area (Å²) < 4.78 is 0. The summed E-state index contributed by atoms with van der Waals surface area (Å²) in [5.74, 6) is -1.74. The van der Waals surface area contributed by atoms with Gasteiger partial charge < -0.3 is 20.6 Å². The third-order valence-corrected chi connectivity index (χ3v) is 3.46. The summed E-state index contributed by atoms with van der Waals surface area (Å²) in [4.78, 5) is 35.9. The summed E-state index contributed by atoms with van der Waals surface area (Å²) in [5, 5.41) is 13.9. The Kier molecular flexibility index (Phi) is 6.27. The first-order valence-electron chi connectivity index (χ1n) is 6.94. The molecule has 1 fully saturated rings. The maximum atomic E-state index is 11.7. The summed E-state index contributed by atoms with van der Waals surface area (Å²) in [7, 11) is 0. The fraction of sp³-hybridized carbons (Fsp3) is 0.769. The highest BCUT2D eigenvalue weighted by Crippen LogP contribution is 2.09. The van der Waals surface area contributed by atoms with Crippen molar-refractivity contribution in [3.8, 4) is 0 Å². The zero-order valence-corrected chi connectivity index (χ0v) is 12.0. The monoisotopic (exact) mass is 285 g/mol. The van der Waals surface area contributed by atoms with Crippen molar-refractivity contribution < 1.29 is 19.5 Å². The van der Waals surface area contributed by atoms with Gasteiger partial charge in [0.25, 0.3) is 0 Å². The third-order valence-electron chi connectivity index (χ3n) is 3.46. The maximum absolute atomic E-state index is 11.7. The van der Waals surface area contributed by atoms with Crippen LogP contribution in [-0.4, -0.2) is 54.1 Å². The van der Waals surface area contributed by atoms with Crippen molar-refractivity contribution in [2.75, 3.05) is 26.2 Å². The number of urea groups is 1. The molecule has 114 valence electrons. The summed E-state index contributed by atoms with van der Waals surface area (Å²) in [6.07, 6.45) is 2.01. The molecule has 3 N–H and O–H groups in total. The van der Waals surface area contributed by atoms with Crippen molar-refractivity contribution in [1.29, 1.82) is 0 Å². The zero-order chi connectivity index (χ0) is 15.1. The van der Waals surface area contributed by atoms with E-state index in [1.807, 2.05) is 0 Å². The Morgan fingerprint density at radius 2 is 1.75 bits per heavy atom. The molecule has 20 heavy (non-hydrogen) atoms. The molecule has 7 heteroatoms. The van der Waals surface area contributed by atoms with Crippen LogP contribution in [0.5, 0.6) is 0 Å². The predicted octanol–water partition coefficient (Wildman–Crippen LogP) is 0.265. The maximum Gasteiger partial charge on any atom is 0.315 e. The molecular formula is C13H23N3O4. The van der Waals surface area contributed by atoms with Gasteiger partial charge >= 0.3 is 12.0 Å². The second-order valence-electron chi connectivity index (χ2n) is 5.34. The molecule has 1 aliphatic heterocycles. The van der Waals surface area contributed by atoms with Gasteiger partial charge in [0, 0.05) is 19.6 Å². The van der Waals surface area contributed by atoms with Gasteiger partial charge in [-0.15, -0.1) is 0 Å². The van der Waals surface area contributed by atoms with Crippen molar-refractivity contribution in [3.05, 3.63) is 0 Å². The van der Waals surface area contributed by atoms with Crippen molar-refractivity contribution >= 4 is 17.9 Å². The molecule has 1 atom stereocenters. The van der Waals surface area contributed by atoms with E-state index in [1.165, 1.54) is 0 Å². The highest BCUT2D eigenvalue weighted by Gasteiger charge is 2.22. The van der Waals surface area contributed by atoms with E-state index in [4.69, 9.17) is 5.11 Å². The van der Waals surface area contributed by atoms with E-state index in [-0.39, 0.29) is 24.9 Å². The number of amides is 3. The lowest BCUT2D eigenvalue weighted by atomic mass is 9.96. The number of carboxylic acids is 1. The van der Waals surface area contributed by atoms with E-state index in [0.717, 1.165) is 25.9 Å². The fourth-order valence-electron chi connectivity index (χ4n) is 2.11. The summed E-state index contributed by atoms with van der Waals surface area (Å²) in [5.41, 5.74) is 0. The van der Waals surface area contributed by atoms with Gasteiger partial charge in [-0.05, 0) is 18.8 Å². The van der Waals surface area contributed by atoms with E-state index in [9.17, 15) is 14.4 Å². The minimum Gasteiger partial charge on any atom is -0.481 e. The number of carbonyl (C=O) groups excluding carboxylic acids is 2. The van der Waals surface area contributed by atoms with Gasteiger partial charge in [0.15, 0.2) is 0 Å². The fourth-order valence-corrected chi connectivity index (χ4v) is 2.11. The Hall–Kier alpha value is -1.79. The molecule has 3 amide bonds. The molecular weight excluding hydrogens is 262 g/mol. The van der Waals surface area contributed by atoms with Crippen LogP contribution in [-0.2, 0) is 9.59 Å². The number of carboxylic acid groups (broad SMARTS) is 1. The van der Waals surface area contributed by atoms with E-state index in [0.29, 0.717) is 0 Å². The number of hydrogen-bond donors (Lipinski definition) is 3. The van der Waals surface area contributed by atoms with E-state index in [1.54, 1.807) is 18.7 Å². The second kappa shape index (κ2) is 7.72. The highest BCUT2D eigenvalue weighted by atomic mass is 16.4. The molecule has 0 saturated carbocycles. The molecule has 7 nitrogen and oxygen atoms in total.